The van der Waals surface area contributed by atoms with Gasteiger partial charge in [0.25, 0.3) is 0 Å². The van der Waals surface area contributed by atoms with Gasteiger partial charge in [0.2, 0.25) is 46.0 Å². The van der Waals surface area contributed by atoms with Crippen LogP contribution in [0.2, 0.25) is 0 Å². The maximum absolute atomic E-state index is 10.7. The van der Waals surface area contributed by atoms with E-state index in [-0.39, 0.29) is 17.2 Å². The number of fused-ring (bicyclic) bond motifs is 2. The zero-order valence-corrected chi connectivity index (χ0v) is 18.6. The fourth-order valence-electron chi connectivity index (χ4n) is 3.49. The smallest absolute Gasteiger partial charge is 0.215 e. The number of phenols is 10. The molecule has 0 aliphatic carbocycles. The first-order chi connectivity index (χ1) is 17.9. The minimum Gasteiger partial charge on any atom is -0.508 e. The molecule has 5 rings (SSSR count). The van der Waals surface area contributed by atoms with Crippen molar-refractivity contribution in [2.24, 2.45) is 0 Å². The van der Waals surface area contributed by atoms with Gasteiger partial charge in [0, 0.05) is 36.4 Å². The van der Waals surface area contributed by atoms with E-state index in [1.807, 2.05) is 0 Å². The molecule has 0 atom stereocenters. The van der Waals surface area contributed by atoms with Crippen LogP contribution in [-0.2, 0) is 0 Å². The molecule has 38 heavy (non-hydrogen) atoms. The molecule has 0 fully saturated rings. The molecule has 0 saturated heterocycles. The molecule has 4 aromatic rings. The van der Waals surface area contributed by atoms with Crippen molar-refractivity contribution in [1.29, 1.82) is 0 Å². The van der Waals surface area contributed by atoms with Gasteiger partial charge in [-0.05, 0) is 0 Å². The molecule has 4 aromatic carbocycles. The predicted octanol–water partition coefficient (Wildman–Crippen LogP) is 4.23. The zero-order valence-electron chi connectivity index (χ0n) is 18.6. The standard InChI is InChI=1S/C24H16O14/c25-7-1-11(28)21(12(29)2-7)36-14-6-16-23(19(33)18(14)32)37-15-5-13(30)22(20(34)24(15)38-16)35-8-3-9(26)17(31)10(27)4-8/h1-6,25-34H. The maximum Gasteiger partial charge on any atom is 0.215 e. The monoisotopic (exact) mass is 528 g/mol. The number of hydrogen-bond donors (Lipinski definition) is 10. The summed E-state index contributed by atoms with van der Waals surface area (Å²) in [5.41, 5.74) is 0. The lowest BCUT2D eigenvalue weighted by molar-refractivity contribution is 0.293. The first-order valence-electron chi connectivity index (χ1n) is 10.3. The van der Waals surface area contributed by atoms with Gasteiger partial charge in [-0.15, -0.1) is 0 Å². The third-order valence-electron chi connectivity index (χ3n) is 5.25. The quantitative estimate of drug-likeness (QED) is 0.147. The summed E-state index contributed by atoms with van der Waals surface area (Å²) in [4.78, 5) is 0. The Balaban J connectivity index is 1.53. The number of benzene rings is 4. The Morgan fingerprint density at radius 1 is 0.447 bits per heavy atom. The van der Waals surface area contributed by atoms with Crippen molar-refractivity contribution in [2.45, 2.75) is 0 Å². The van der Waals surface area contributed by atoms with Crippen LogP contribution in [0.5, 0.6) is 103 Å². The molecule has 0 amide bonds. The molecule has 0 bridgehead atoms. The summed E-state index contributed by atoms with van der Waals surface area (Å²) in [5.74, 6) is -11.2. The second kappa shape index (κ2) is 8.34. The van der Waals surface area contributed by atoms with Gasteiger partial charge in [-0.1, -0.05) is 0 Å². The van der Waals surface area contributed by atoms with E-state index in [9.17, 15) is 51.1 Å². The van der Waals surface area contributed by atoms with Crippen LogP contribution in [0.3, 0.4) is 0 Å². The Hall–Kier alpha value is -5.92. The Labute approximate surface area is 210 Å². The number of rotatable bonds is 4. The van der Waals surface area contributed by atoms with Crippen molar-refractivity contribution < 1.29 is 70.0 Å². The van der Waals surface area contributed by atoms with Crippen LogP contribution in [0.15, 0.2) is 36.4 Å². The Kier molecular flexibility index (Phi) is 5.22. The summed E-state index contributed by atoms with van der Waals surface area (Å²) < 4.78 is 21.7. The predicted molar refractivity (Wildman–Crippen MR) is 123 cm³/mol. The number of hydrogen-bond acceptors (Lipinski definition) is 14. The van der Waals surface area contributed by atoms with Crippen molar-refractivity contribution in [3.63, 3.8) is 0 Å². The summed E-state index contributed by atoms with van der Waals surface area (Å²) in [7, 11) is 0. The molecule has 14 heteroatoms. The van der Waals surface area contributed by atoms with Gasteiger partial charge < -0.3 is 70.0 Å². The molecule has 1 heterocycles. The fraction of sp³-hybridized carbons (Fsp3) is 0. The van der Waals surface area contributed by atoms with Gasteiger partial charge in [0.05, 0.1) is 0 Å². The summed E-state index contributed by atoms with van der Waals surface area (Å²) in [5, 5.41) is 100. The SMILES string of the molecule is Oc1cc(O)c(Oc2cc3c(c(O)c2O)Oc2cc(O)c(Oc4cc(O)c(O)c(O)c4)c(O)c2O3)c(O)c1. The van der Waals surface area contributed by atoms with Crippen LogP contribution < -0.4 is 18.9 Å². The molecule has 0 aromatic heterocycles. The molecule has 1 aliphatic rings. The van der Waals surface area contributed by atoms with Crippen LogP contribution in [-0.4, -0.2) is 51.1 Å². The molecular formula is C24H16O14. The first-order valence-corrected chi connectivity index (χ1v) is 10.3. The van der Waals surface area contributed by atoms with Crippen LogP contribution in [0.4, 0.5) is 0 Å². The number of phenolic OH excluding ortho intramolecular Hbond substituents is 10. The first kappa shape index (κ1) is 23.8. The molecule has 0 spiro atoms. The summed E-state index contributed by atoms with van der Waals surface area (Å²) >= 11 is 0. The van der Waals surface area contributed by atoms with E-state index in [1.54, 1.807) is 0 Å². The van der Waals surface area contributed by atoms with Crippen molar-refractivity contribution in [3.05, 3.63) is 36.4 Å². The second-order valence-corrected chi connectivity index (χ2v) is 7.83. The van der Waals surface area contributed by atoms with Crippen molar-refractivity contribution >= 4 is 0 Å². The van der Waals surface area contributed by atoms with Crippen LogP contribution in [0, 0.1) is 0 Å². The second-order valence-electron chi connectivity index (χ2n) is 7.83. The lowest BCUT2D eigenvalue weighted by Crippen LogP contribution is -2.01. The minimum atomic E-state index is -0.907. The van der Waals surface area contributed by atoms with Gasteiger partial charge >= 0.3 is 0 Å². The maximum atomic E-state index is 10.7. The average Bonchev–Trinajstić information content (AvgIpc) is 2.84. The van der Waals surface area contributed by atoms with Gasteiger partial charge in [-0.3, -0.25) is 0 Å². The molecular weight excluding hydrogens is 512 g/mol. The number of aromatic hydroxyl groups is 10. The molecule has 14 nitrogen and oxygen atoms in total. The van der Waals surface area contributed by atoms with Crippen LogP contribution in [0.1, 0.15) is 0 Å². The summed E-state index contributed by atoms with van der Waals surface area (Å²) in [6, 6.07) is 5.37. The van der Waals surface area contributed by atoms with E-state index >= 15 is 0 Å². The minimum absolute atomic E-state index is 0.299. The molecule has 1 aliphatic heterocycles. The van der Waals surface area contributed by atoms with Crippen LogP contribution >= 0.6 is 0 Å². The van der Waals surface area contributed by atoms with Crippen LogP contribution in [0.25, 0.3) is 0 Å². The van der Waals surface area contributed by atoms with Crippen molar-refractivity contribution in [2.75, 3.05) is 0 Å². The van der Waals surface area contributed by atoms with Crippen molar-refractivity contribution in [1.82, 2.24) is 0 Å². The largest absolute Gasteiger partial charge is 0.508 e. The van der Waals surface area contributed by atoms with E-state index in [0.717, 1.165) is 36.4 Å². The highest BCUT2D eigenvalue weighted by Gasteiger charge is 2.33. The lowest BCUT2D eigenvalue weighted by Gasteiger charge is -2.24. The molecule has 0 saturated carbocycles. The Morgan fingerprint density at radius 3 is 1.58 bits per heavy atom. The normalized spacial score (nSPS) is 11.6. The Morgan fingerprint density at radius 2 is 0.974 bits per heavy atom. The van der Waals surface area contributed by atoms with Gasteiger partial charge in [0.15, 0.2) is 46.0 Å². The van der Waals surface area contributed by atoms with E-state index in [4.69, 9.17) is 18.9 Å². The van der Waals surface area contributed by atoms with E-state index in [2.05, 4.69) is 0 Å². The van der Waals surface area contributed by atoms with Crippen molar-refractivity contribution in [3.8, 4) is 103 Å². The molecule has 10 N–H and O–H groups in total. The fourth-order valence-corrected chi connectivity index (χ4v) is 3.49. The van der Waals surface area contributed by atoms with Gasteiger partial charge in [-0.25, -0.2) is 0 Å². The highest BCUT2D eigenvalue weighted by molar-refractivity contribution is 5.74. The molecule has 0 radical (unpaired) electrons. The van der Waals surface area contributed by atoms with E-state index in [1.165, 1.54) is 0 Å². The number of ether oxygens (including phenoxy) is 4. The Bertz CT molecular complexity index is 1580. The highest BCUT2D eigenvalue weighted by atomic mass is 16.6. The van der Waals surface area contributed by atoms with Gasteiger partial charge in [0.1, 0.15) is 11.5 Å². The third-order valence-corrected chi connectivity index (χ3v) is 5.25. The molecule has 0 unspecified atom stereocenters. The van der Waals surface area contributed by atoms with E-state index < -0.39 is 86.2 Å². The lowest BCUT2D eigenvalue weighted by atomic mass is 10.2. The highest BCUT2D eigenvalue weighted by Crippen LogP contribution is 2.61. The van der Waals surface area contributed by atoms with Gasteiger partial charge in [-0.2, -0.15) is 0 Å². The summed E-state index contributed by atoms with van der Waals surface area (Å²) in [6.07, 6.45) is 0. The molecule has 196 valence electrons. The zero-order chi connectivity index (χ0) is 27.5. The summed E-state index contributed by atoms with van der Waals surface area (Å²) in [6.45, 7) is 0. The third kappa shape index (κ3) is 3.78. The topological polar surface area (TPSA) is 239 Å². The average molecular weight is 528 g/mol. The van der Waals surface area contributed by atoms with E-state index in [0.29, 0.717) is 0 Å².